The fraction of sp³-hybridized carbons (Fsp3) is 0.545. The lowest BCUT2D eigenvalue weighted by atomic mass is 9.86. The highest BCUT2D eigenvalue weighted by atomic mass is 16.3. The summed E-state index contributed by atoms with van der Waals surface area (Å²) >= 11 is 0. The zero-order valence-electron chi connectivity index (χ0n) is 10.9. The van der Waals surface area contributed by atoms with Crippen LogP contribution >= 0.6 is 0 Å². The number of nitrogens with two attached hydrogens (primary N) is 1. The lowest BCUT2D eigenvalue weighted by molar-refractivity contribution is 0.0239. The lowest BCUT2D eigenvalue weighted by Gasteiger charge is -2.38. The number of hydrogen-bond acceptors (Lipinski definition) is 6. The molecule has 0 bridgehead atoms. The van der Waals surface area contributed by atoms with Crippen molar-refractivity contribution in [1.82, 2.24) is 20.2 Å². The standard InChI is InChI=1S/C11H18N6O/c1-10(2,11(3,4)18)16-7-6-5-13-17-8(6)15-9(12)14-7/h5,18H,1-4H3,(H4,12,13,14,15,16,17). The summed E-state index contributed by atoms with van der Waals surface area (Å²) in [6.45, 7) is 7.24. The van der Waals surface area contributed by atoms with Crippen LogP contribution in [0.4, 0.5) is 11.8 Å². The molecule has 0 saturated heterocycles. The van der Waals surface area contributed by atoms with E-state index in [1.165, 1.54) is 0 Å². The van der Waals surface area contributed by atoms with Gasteiger partial charge in [-0.05, 0) is 27.7 Å². The van der Waals surface area contributed by atoms with Crippen molar-refractivity contribution < 1.29 is 5.11 Å². The van der Waals surface area contributed by atoms with Crippen molar-refractivity contribution in [3.8, 4) is 0 Å². The van der Waals surface area contributed by atoms with Crippen LogP contribution in [-0.2, 0) is 0 Å². The third-order valence-electron chi connectivity index (χ3n) is 3.29. The SMILES string of the molecule is CC(C)(O)C(C)(C)Nc1nc(N)nc2[nH]ncc12. The van der Waals surface area contributed by atoms with Crippen molar-refractivity contribution in [1.29, 1.82) is 0 Å². The average molecular weight is 250 g/mol. The third kappa shape index (κ3) is 2.08. The number of H-pyrrole nitrogens is 1. The van der Waals surface area contributed by atoms with Gasteiger partial charge in [-0.1, -0.05) is 0 Å². The Morgan fingerprint density at radius 3 is 2.56 bits per heavy atom. The van der Waals surface area contributed by atoms with Crippen LogP contribution in [0, 0.1) is 0 Å². The lowest BCUT2D eigenvalue weighted by Crippen LogP contribution is -2.51. The Balaban J connectivity index is 2.46. The van der Waals surface area contributed by atoms with E-state index >= 15 is 0 Å². The first-order valence-corrected chi connectivity index (χ1v) is 5.68. The number of nitrogens with one attached hydrogen (secondary N) is 2. The number of aromatic amines is 1. The van der Waals surface area contributed by atoms with Crippen LogP contribution in [0.3, 0.4) is 0 Å². The smallest absolute Gasteiger partial charge is 0.224 e. The monoisotopic (exact) mass is 250 g/mol. The molecule has 5 N–H and O–H groups in total. The molecular formula is C11H18N6O. The van der Waals surface area contributed by atoms with Crippen molar-refractivity contribution in [2.75, 3.05) is 11.1 Å². The Morgan fingerprint density at radius 2 is 1.94 bits per heavy atom. The van der Waals surface area contributed by atoms with E-state index in [0.717, 1.165) is 5.39 Å². The number of rotatable bonds is 3. The maximum atomic E-state index is 10.1. The third-order valence-corrected chi connectivity index (χ3v) is 3.29. The number of hydrogen-bond donors (Lipinski definition) is 4. The van der Waals surface area contributed by atoms with Crippen LogP contribution in [0.1, 0.15) is 27.7 Å². The molecule has 0 radical (unpaired) electrons. The number of anilines is 2. The van der Waals surface area contributed by atoms with E-state index < -0.39 is 11.1 Å². The first-order chi connectivity index (χ1) is 8.21. The van der Waals surface area contributed by atoms with Gasteiger partial charge in [0.1, 0.15) is 5.82 Å². The second-order valence-corrected chi connectivity index (χ2v) is 5.37. The zero-order chi connectivity index (χ0) is 13.6. The van der Waals surface area contributed by atoms with E-state index in [0.29, 0.717) is 11.5 Å². The number of fused-ring (bicyclic) bond motifs is 1. The van der Waals surface area contributed by atoms with Gasteiger partial charge >= 0.3 is 0 Å². The van der Waals surface area contributed by atoms with Crippen LogP contribution in [-0.4, -0.2) is 36.4 Å². The molecule has 0 fully saturated rings. The average Bonchev–Trinajstić information content (AvgIpc) is 2.62. The van der Waals surface area contributed by atoms with Crippen LogP contribution in [0.25, 0.3) is 11.0 Å². The van der Waals surface area contributed by atoms with E-state index in [1.807, 2.05) is 13.8 Å². The minimum atomic E-state index is -0.928. The molecular weight excluding hydrogens is 232 g/mol. The van der Waals surface area contributed by atoms with Gasteiger partial charge in [0.05, 0.1) is 22.7 Å². The fourth-order valence-corrected chi connectivity index (χ4v) is 1.40. The topological polar surface area (TPSA) is 113 Å². The Kier molecular flexibility index (Phi) is 2.66. The molecule has 0 aromatic carbocycles. The molecule has 2 heterocycles. The molecule has 0 aliphatic heterocycles. The molecule has 0 atom stereocenters. The van der Waals surface area contributed by atoms with Crippen molar-refractivity contribution in [3.63, 3.8) is 0 Å². The molecule has 7 nitrogen and oxygen atoms in total. The van der Waals surface area contributed by atoms with Crippen LogP contribution in [0.15, 0.2) is 6.20 Å². The van der Waals surface area contributed by atoms with Crippen molar-refractivity contribution in [2.45, 2.75) is 38.8 Å². The summed E-state index contributed by atoms with van der Waals surface area (Å²) in [5.74, 6) is 0.708. The maximum Gasteiger partial charge on any atom is 0.224 e. The molecule has 2 rings (SSSR count). The molecule has 7 heteroatoms. The Labute approximate surface area is 105 Å². The summed E-state index contributed by atoms with van der Waals surface area (Å²) in [7, 11) is 0. The van der Waals surface area contributed by atoms with Crippen LogP contribution in [0.5, 0.6) is 0 Å². The highest BCUT2D eigenvalue weighted by molar-refractivity contribution is 5.87. The summed E-state index contributed by atoms with van der Waals surface area (Å²) < 4.78 is 0. The van der Waals surface area contributed by atoms with Crippen LogP contribution < -0.4 is 11.1 Å². The second kappa shape index (κ2) is 3.81. The van der Waals surface area contributed by atoms with Crippen LogP contribution in [0.2, 0.25) is 0 Å². The molecule has 0 spiro atoms. The van der Waals surface area contributed by atoms with E-state index in [1.54, 1.807) is 20.0 Å². The van der Waals surface area contributed by atoms with Gasteiger partial charge in [0.25, 0.3) is 0 Å². The molecule has 0 saturated carbocycles. The Bertz CT molecular complexity index is 568. The summed E-state index contributed by atoms with van der Waals surface area (Å²) in [6, 6.07) is 0. The number of nitrogen functional groups attached to an aromatic ring is 1. The summed E-state index contributed by atoms with van der Waals surface area (Å²) in [5, 5.41) is 20.7. The van der Waals surface area contributed by atoms with Gasteiger partial charge in [-0.15, -0.1) is 0 Å². The quantitative estimate of drug-likeness (QED) is 0.643. The van der Waals surface area contributed by atoms with Gasteiger partial charge in [0.2, 0.25) is 5.95 Å². The Morgan fingerprint density at radius 1 is 1.28 bits per heavy atom. The van der Waals surface area contributed by atoms with Crippen molar-refractivity contribution >= 4 is 22.8 Å². The van der Waals surface area contributed by atoms with Gasteiger partial charge in [0.15, 0.2) is 5.65 Å². The molecule has 0 aliphatic rings. The zero-order valence-corrected chi connectivity index (χ0v) is 10.9. The summed E-state index contributed by atoms with van der Waals surface area (Å²) in [4.78, 5) is 8.19. The number of aliphatic hydroxyl groups is 1. The van der Waals surface area contributed by atoms with Gasteiger partial charge < -0.3 is 16.2 Å². The van der Waals surface area contributed by atoms with E-state index in [4.69, 9.17) is 5.73 Å². The molecule has 2 aromatic heterocycles. The highest BCUT2D eigenvalue weighted by Crippen LogP contribution is 2.28. The maximum absolute atomic E-state index is 10.1. The first kappa shape index (κ1) is 12.6. The van der Waals surface area contributed by atoms with E-state index in [9.17, 15) is 5.11 Å². The Hall–Kier alpha value is -1.89. The minimum Gasteiger partial charge on any atom is -0.388 e. The van der Waals surface area contributed by atoms with Crippen molar-refractivity contribution in [2.24, 2.45) is 0 Å². The van der Waals surface area contributed by atoms with Gasteiger partial charge in [0, 0.05) is 0 Å². The molecule has 2 aromatic rings. The van der Waals surface area contributed by atoms with Gasteiger partial charge in [-0.3, -0.25) is 5.10 Å². The summed E-state index contributed by atoms with van der Waals surface area (Å²) in [5.41, 5.74) is 4.69. The molecule has 18 heavy (non-hydrogen) atoms. The summed E-state index contributed by atoms with van der Waals surface area (Å²) in [6.07, 6.45) is 1.62. The molecule has 98 valence electrons. The predicted molar refractivity (Wildman–Crippen MR) is 70.1 cm³/mol. The second-order valence-electron chi connectivity index (χ2n) is 5.37. The fourth-order valence-electron chi connectivity index (χ4n) is 1.40. The van der Waals surface area contributed by atoms with Gasteiger partial charge in [-0.2, -0.15) is 15.1 Å². The first-order valence-electron chi connectivity index (χ1n) is 5.68. The van der Waals surface area contributed by atoms with E-state index in [2.05, 4.69) is 25.5 Å². The number of aromatic nitrogens is 4. The molecule has 0 amide bonds. The minimum absolute atomic E-state index is 0.154. The van der Waals surface area contributed by atoms with E-state index in [-0.39, 0.29) is 5.95 Å². The largest absolute Gasteiger partial charge is 0.388 e. The number of nitrogens with zero attached hydrogens (tertiary/aromatic N) is 3. The highest BCUT2D eigenvalue weighted by Gasteiger charge is 2.35. The van der Waals surface area contributed by atoms with Crippen molar-refractivity contribution in [3.05, 3.63) is 6.20 Å². The normalized spacial score (nSPS) is 12.9. The molecule has 0 unspecified atom stereocenters. The van der Waals surface area contributed by atoms with Gasteiger partial charge in [-0.25, -0.2) is 0 Å². The molecule has 0 aliphatic carbocycles. The predicted octanol–water partition coefficient (Wildman–Crippen LogP) is 0.896.